The Labute approximate surface area is 140 Å². The average molecular weight is 318 g/mol. The molecule has 0 aromatic carbocycles. The zero-order valence-corrected chi connectivity index (χ0v) is 15.0. The molecule has 0 atom stereocenters. The first kappa shape index (κ1) is 17.7. The summed E-state index contributed by atoms with van der Waals surface area (Å²) in [7, 11) is 0. The Morgan fingerprint density at radius 1 is 1.22 bits per heavy atom. The molecule has 1 aliphatic rings. The van der Waals surface area contributed by atoms with E-state index in [4.69, 9.17) is 0 Å². The van der Waals surface area contributed by atoms with Crippen molar-refractivity contribution in [1.82, 2.24) is 14.9 Å². The first-order valence-corrected chi connectivity index (χ1v) is 8.95. The normalized spacial score (nSPS) is 15.7. The Kier molecular flexibility index (Phi) is 6.37. The Balaban J connectivity index is 2.20. The maximum Gasteiger partial charge on any atom is 0.272 e. The Morgan fingerprint density at radius 3 is 2.39 bits per heavy atom. The molecule has 2 heterocycles. The number of anilines is 1. The largest absolute Gasteiger partial charge is 0.341 e. The van der Waals surface area contributed by atoms with E-state index in [1.165, 1.54) is 12.8 Å². The van der Waals surface area contributed by atoms with Crippen LogP contribution >= 0.6 is 0 Å². The molecule has 1 fully saturated rings. The molecule has 5 nitrogen and oxygen atoms in total. The molecule has 0 saturated carbocycles. The first-order valence-electron chi connectivity index (χ1n) is 8.95. The van der Waals surface area contributed by atoms with Crippen LogP contribution in [0.25, 0.3) is 0 Å². The number of rotatable bonds is 6. The molecule has 0 aliphatic carbocycles. The number of aryl methyl sites for hydroxylation is 1. The molecule has 2 rings (SSSR count). The monoisotopic (exact) mass is 318 g/mol. The number of aromatic nitrogens is 2. The second-order valence-corrected chi connectivity index (χ2v) is 6.66. The third kappa shape index (κ3) is 4.66. The molecule has 0 spiro atoms. The van der Waals surface area contributed by atoms with Gasteiger partial charge in [-0.15, -0.1) is 0 Å². The maximum atomic E-state index is 12.8. The number of carbonyl (C=O) groups excluding carboxylic acids is 1. The molecular weight excluding hydrogens is 288 g/mol. The van der Waals surface area contributed by atoms with Gasteiger partial charge in [0.15, 0.2) is 0 Å². The van der Waals surface area contributed by atoms with E-state index in [1.54, 1.807) is 0 Å². The van der Waals surface area contributed by atoms with Crippen molar-refractivity contribution in [3.8, 4) is 0 Å². The van der Waals surface area contributed by atoms with Gasteiger partial charge < -0.3 is 9.80 Å². The quantitative estimate of drug-likeness (QED) is 0.807. The first-order chi connectivity index (χ1) is 11.0. The summed E-state index contributed by atoms with van der Waals surface area (Å²) in [5.74, 6) is 1.51. The molecule has 1 aliphatic heterocycles. The summed E-state index contributed by atoms with van der Waals surface area (Å²) in [4.78, 5) is 26.1. The van der Waals surface area contributed by atoms with Gasteiger partial charge in [0.05, 0.1) is 0 Å². The van der Waals surface area contributed by atoms with E-state index >= 15 is 0 Å². The fourth-order valence-corrected chi connectivity index (χ4v) is 3.03. The summed E-state index contributed by atoms with van der Waals surface area (Å²) in [5, 5.41) is 0. The summed E-state index contributed by atoms with van der Waals surface area (Å²) in [6.07, 6.45) is 4.26. The van der Waals surface area contributed by atoms with Gasteiger partial charge in [-0.1, -0.05) is 20.8 Å². The fourth-order valence-electron chi connectivity index (χ4n) is 3.03. The van der Waals surface area contributed by atoms with Crippen LogP contribution < -0.4 is 4.90 Å². The highest BCUT2D eigenvalue weighted by atomic mass is 16.2. The summed E-state index contributed by atoms with van der Waals surface area (Å²) >= 11 is 0. The Hall–Kier alpha value is -1.65. The van der Waals surface area contributed by atoms with Crippen LogP contribution in [-0.2, 0) is 0 Å². The van der Waals surface area contributed by atoms with E-state index in [2.05, 4.69) is 35.6 Å². The minimum absolute atomic E-state index is 0.0332. The summed E-state index contributed by atoms with van der Waals surface area (Å²) < 4.78 is 0. The number of amides is 1. The zero-order chi connectivity index (χ0) is 16.8. The van der Waals surface area contributed by atoms with E-state index in [1.807, 2.05) is 17.9 Å². The van der Waals surface area contributed by atoms with Crippen molar-refractivity contribution >= 4 is 11.9 Å². The average Bonchev–Trinajstić information content (AvgIpc) is 2.54. The topological polar surface area (TPSA) is 49.3 Å². The van der Waals surface area contributed by atoms with Gasteiger partial charge in [0.2, 0.25) is 5.95 Å². The van der Waals surface area contributed by atoms with Crippen molar-refractivity contribution in [2.24, 2.45) is 5.92 Å². The molecule has 0 N–H and O–H groups in total. The van der Waals surface area contributed by atoms with Crippen molar-refractivity contribution in [3.63, 3.8) is 0 Å². The van der Waals surface area contributed by atoms with E-state index < -0.39 is 0 Å². The smallest absolute Gasteiger partial charge is 0.272 e. The molecule has 128 valence electrons. The van der Waals surface area contributed by atoms with Crippen molar-refractivity contribution in [3.05, 3.63) is 17.5 Å². The lowest BCUT2D eigenvalue weighted by molar-refractivity contribution is 0.0749. The summed E-state index contributed by atoms with van der Waals surface area (Å²) in [6.45, 7) is 12.0. The Morgan fingerprint density at radius 2 is 1.83 bits per heavy atom. The van der Waals surface area contributed by atoms with Crippen LogP contribution in [0.3, 0.4) is 0 Å². The lowest BCUT2D eigenvalue weighted by Gasteiger charge is -2.30. The summed E-state index contributed by atoms with van der Waals surface area (Å²) in [5.41, 5.74) is 1.40. The highest BCUT2D eigenvalue weighted by Gasteiger charge is 2.22. The van der Waals surface area contributed by atoms with Gasteiger partial charge >= 0.3 is 0 Å². The summed E-state index contributed by atoms with van der Waals surface area (Å²) in [6, 6.07) is 1.82. The minimum atomic E-state index is 0.0332. The second-order valence-electron chi connectivity index (χ2n) is 6.66. The van der Waals surface area contributed by atoms with Crippen LogP contribution in [0.2, 0.25) is 0 Å². The highest BCUT2D eigenvalue weighted by Crippen LogP contribution is 2.21. The van der Waals surface area contributed by atoms with Crippen LogP contribution in [0.1, 0.15) is 62.6 Å². The third-order valence-electron chi connectivity index (χ3n) is 4.40. The van der Waals surface area contributed by atoms with Crippen LogP contribution in [-0.4, -0.2) is 47.0 Å². The number of piperidine rings is 1. The van der Waals surface area contributed by atoms with Crippen LogP contribution in [0.4, 0.5) is 5.95 Å². The van der Waals surface area contributed by atoms with Crippen molar-refractivity contribution in [2.45, 2.75) is 53.4 Å². The molecule has 5 heteroatoms. The molecule has 1 amide bonds. The molecule has 0 bridgehead atoms. The van der Waals surface area contributed by atoms with E-state index in [0.29, 0.717) is 11.6 Å². The van der Waals surface area contributed by atoms with Gasteiger partial charge in [0.1, 0.15) is 5.69 Å². The number of hydrogen-bond donors (Lipinski definition) is 0. The number of carbonyl (C=O) groups is 1. The van der Waals surface area contributed by atoms with Crippen LogP contribution in [0.5, 0.6) is 0 Å². The minimum Gasteiger partial charge on any atom is -0.341 e. The Bertz CT molecular complexity index is 518. The van der Waals surface area contributed by atoms with E-state index in [-0.39, 0.29) is 5.91 Å². The molecule has 0 radical (unpaired) electrons. The predicted molar refractivity (Wildman–Crippen MR) is 93.9 cm³/mol. The van der Waals surface area contributed by atoms with E-state index in [0.717, 1.165) is 50.6 Å². The van der Waals surface area contributed by atoms with Gasteiger partial charge in [-0.05, 0) is 44.6 Å². The second kappa shape index (κ2) is 8.27. The lowest BCUT2D eigenvalue weighted by Crippen LogP contribution is -2.36. The van der Waals surface area contributed by atoms with Crippen molar-refractivity contribution in [2.75, 3.05) is 31.1 Å². The van der Waals surface area contributed by atoms with Crippen LogP contribution in [0.15, 0.2) is 6.07 Å². The molecule has 1 aromatic heterocycles. The molecule has 0 unspecified atom stereocenters. The molecule has 23 heavy (non-hydrogen) atoms. The molecular formula is C18H30N4O. The maximum absolute atomic E-state index is 12.8. The van der Waals surface area contributed by atoms with E-state index in [9.17, 15) is 4.79 Å². The molecule has 1 aromatic rings. The van der Waals surface area contributed by atoms with Gasteiger partial charge in [-0.25, -0.2) is 9.97 Å². The van der Waals surface area contributed by atoms with Gasteiger partial charge in [-0.2, -0.15) is 0 Å². The number of hydrogen-bond acceptors (Lipinski definition) is 4. The van der Waals surface area contributed by atoms with Crippen molar-refractivity contribution < 1.29 is 4.79 Å². The van der Waals surface area contributed by atoms with Crippen molar-refractivity contribution in [1.29, 1.82) is 0 Å². The third-order valence-corrected chi connectivity index (χ3v) is 4.40. The SMILES string of the molecule is CCCN(CCC)C(=O)c1cc(C)nc(N2CCC(C)CC2)n1. The zero-order valence-electron chi connectivity index (χ0n) is 15.0. The van der Waals surface area contributed by atoms with Gasteiger partial charge in [-0.3, -0.25) is 4.79 Å². The molecule has 1 saturated heterocycles. The van der Waals surface area contributed by atoms with Crippen LogP contribution in [0, 0.1) is 12.8 Å². The highest BCUT2D eigenvalue weighted by molar-refractivity contribution is 5.92. The van der Waals surface area contributed by atoms with Gasteiger partial charge in [0.25, 0.3) is 5.91 Å². The standard InChI is InChI=1S/C18H30N4O/c1-5-9-21(10-6-2)17(23)16-13-15(4)19-18(20-16)22-11-7-14(3)8-12-22/h13-14H,5-12H2,1-4H3. The van der Waals surface area contributed by atoms with Gasteiger partial charge in [0, 0.05) is 31.9 Å². The fraction of sp³-hybridized carbons (Fsp3) is 0.722. The lowest BCUT2D eigenvalue weighted by atomic mass is 10.00. The predicted octanol–water partition coefficient (Wildman–Crippen LogP) is 3.28. The number of nitrogens with zero attached hydrogens (tertiary/aromatic N) is 4.